The molecule has 0 fully saturated rings. The van der Waals surface area contributed by atoms with E-state index < -0.39 is 10.0 Å². The number of hydrogen-bond donors (Lipinski definition) is 2. The van der Waals surface area contributed by atoms with Gasteiger partial charge in [0.25, 0.3) is 0 Å². The van der Waals surface area contributed by atoms with Crippen molar-refractivity contribution in [2.24, 2.45) is 5.14 Å². The van der Waals surface area contributed by atoms with Gasteiger partial charge in [-0.15, -0.1) is 11.8 Å². The highest BCUT2D eigenvalue weighted by Crippen LogP contribution is 2.13. The number of amides is 1. The molecule has 0 aliphatic rings. The second-order valence-electron chi connectivity index (χ2n) is 5.27. The molecule has 6 nitrogen and oxygen atoms in total. The van der Waals surface area contributed by atoms with Crippen LogP contribution < -0.4 is 10.5 Å². The topological polar surface area (TPSA) is 113 Å². The lowest BCUT2D eigenvalue weighted by molar-refractivity contribution is -0.118. The van der Waals surface area contributed by atoms with Crippen molar-refractivity contribution in [2.45, 2.75) is 17.2 Å². The molecule has 0 saturated heterocycles. The summed E-state index contributed by atoms with van der Waals surface area (Å²) in [6.45, 7) is 0.321. The Morgan fingerprint density at radius 3 is 2.24 bits per heavy atom. The predicted octanol–water partition coefficient (Wildman–Crippen LogP) is 1.76. The monoisotopic (exact) mass is 375 g/mol. The van der Waals surface area contributed by atoms with Gasteiger partial charge < -0.3 is 5.32 Å². The maximum absolute atomic E-state index is 11.8. The Morgan fingerprint density at radius 1 is 1.08 bits per heavy atom. The van der Waals surface area contributed by atoms with Gasteiger partial charge in [0.2, 0.25) is 15.9 Å². The SMILES string of the molecule is N#Cc1ccc(CSCC(=O)NCc2ccc(S(N)(=O)=O)cc2)cc1. The van der Waals surface area contributed by atoms with Gasteiger partial charge in [-0.2, -0.15) is 5.26 Å². The zero-order valence-electron chi connectivity index (χ0n) is 13.3. The first kappa shape index (κ1) is 19.0. The number of nitriles is 1. The van der Waals surface area contributed by atoms with Crippen LogP contribution in [0.3, 0.4) is 0 Å². The Labute approximate surface area is 151 Å². The number of rotatable bonds is 7. The molecule has 0 heterocycles. The van der Waals surface area contributed by atoms with Crippen molar-refractivity contribution in [1.82, 2.24) is 5.32 Å². The Morgan fingerprint density at radius 2 is 1.68 bits per heavy atom. The van der Waals surface area contributed by atoms with Gasteiger partial charge in [0.1, 0.15) is 0 Å². The summed E-state index contributed by atoms with van der Waals surface area (Å²) in [5, 5.41) is 16.6. The van der Waals surface area contributed by atoms with Crippen LogP contribution in [0.25, 0.3) is 0 Å². The molecule has 0 unspecified atom stereocenters. The van der Waals surface area contributed by atoms with E-state index in [1.165, 1.54) is 23.9 Å². The number of nitrogens with zero attached hydrogens (tertiary/aromatic N) is 1. The number of primary sulfonamides is 1. The lowest BCUT2D eigenvalue weighted by Gasteiger charge is -2.06. The lowest BCUT2D eigenvalue weighted by atomic mass is 10.2. The molecule has 25 heavy (non-hydrogen) atoms. The molecule has 0 spiro atoms. The van der Waals surface area contributed by atoms with Crippen molar-refractivity contribution in [3.63, 3.8) is 0 Å². The second kappa shape index (κ2) is 8.67. The highest BCUT2D eigenvalue weighted by molar-refractivity contribution is 7.99. The molecule has 2 aromatic rings. The van der Waals surface area contributed by atoms with E-state index in [9.17, 15) is 13.2 Å². The van der Waals surface area contributed by atoms with Crippen molar-refractivity contribution in [2.75, 3.05) is 5.75 Å². The summed E-state index contributed by atoms with van der Waals surface area (Å²) in [6, 6.07) is 15.4. The molecular formula is C17H17N3O3S2. The number of sulfonamides is 1. The number of benzene rings is 2. The van der Waals surface area contributed by atoms with Gasteiger partial charge in [0.15, 0.2) is 0 Å². The molecule has 0 saturated carbocycles. The van der Waals surface area contributed by atoms with Gasteiger partial charge in [-0.25, -0.2) is 13.6 Å². The van der Waals surface area contributed by atoms with E-state index in [1.807, 2.05) is 12.1 Å². The van der Waals surface area contributed by atoms with Crippen LogP contribution >= 0.6 is 11.8 Å². The Hall–Kier alpha value is -2.34. The predicted molar refractivity (Wildman–Crippen MR) is 97.0 cm³/mol. The normalized spacial score (nSPS) is 10.9. The minimum Gasteiger partial charge on any atom is -0.351 e. The molecule has 1 amide bonds. The van der Waals surface area contributed by atoms with Crippen LogP contribution in [0.5, 0.6) is 0 Å². The molecular weight excluding hydrogens is 358 g/mol. The van der Waals surface area contributed by atoms with Crippen LogP contribution in [0.15, 0.2) is 53.4 Å². The number of hydrogen-bond acceptors (Lipinski definition) is 5. The van der Waals surface area contributed by atoms with Crippen molar-refractivity contribution >= 4 is 27.7 Å². The van der Waals surface area contributed by atoms with Gasteiger partial charge in [-0.3, -0.25) is 4.79 Å². The molecule has 2 rings (SSSR count). The smallest absolute Gasteiger partial charge is 0.238 e. The summed E-state index contributed by atoms with van der Waals surface area (Å²) >= 11 is 1.48. The van der Waals surface area contributed by atoms with Crippen LogP contribution in [0.2, 0.25) is 0 Å². The molecule has 130 valence electrons. The fourth-order valence-electron chi connectivity index (χ4n) is 1.99. The van der Waals surface area contributed by atoms with Crippen LogP contribution in [-0.4, -0.2) is 20.1 Å². The van der Waals surface area contributed by atoms with E-state index >= 15 is 0 Å². The van der Waals surface area contributed by atoms with Gasteiger partial charge >= 0.3 is 0 Å². The molecule has 0 aliphatic heterocycles. The molecule has 8 heteroatoms. The van der Waals surface area contributed by atoms with Crippen molar-refractivity contribution in [3.8, 4) is 6.07 Å². The van der Waals surface area contributed by atoms with Crippen LogP contribution in [0.1, 0.15) is 16.7 Å². The molecule has 0 atom stereocenters. The summed E-state index contributed by atoms with van der Waals surface area (Å²) in [5.74, 6) is 0.895. The van der Waals surface area contributed by atoms with Crippen molar-refractivity contribution in [1.29, 1.82) is 5.26 Å². The summed E-state index contributed by atoms with van der Waals surface area (Å²) in [6.07, 6.45) is 0. The Bertz CT molecular complexity index is 871. The summed E-state index contributed by atoms with van der Waals surface area (Å²) < 4.78 is 22.3. The number of nitrogens with one attached hydrogen (secondary N) is 1. The minimum atomic E-state index is -3.70. The highest BCUT2D eigenvalue weighted by Gasteiger charge is 2.07. The van der Waals surface area contributed by atoms with Gasteiger partial charge in [0.05, 0.1) is 22.3 Å². The zero-order valence-corrected chi connectivity index (χ0v) is 14.9. The van der Waals surface area contributed by atoms with Crippen LogP contribution in [0.4, 0.5) is 0 Å². The molecule has 0 bridgehead atoms. The third-order valence-electron chi connectivity index (χ3n) is 3.33. The first-order valence-electron chi connectivity index (χ1n) is 7.34. The van der Waals surface area contributed by atoms with Gasteiger partial charge in [0, 0.05) is 12.3 Å². The van der Waals surface area contributed by atoms with Crippen LogP contribution in [-0.2, 0) is 27.1 Å². The Balaban J connectivity index is 1.74. The molecule has 0 aliphatic carbocycles. The first-order valence-corrected chi connectivity index (χ1v) is 10.0. The quantitative estimate of drug-likeness (QED) is 0.765. The maximum atomic E-state index is 11.8. The second-order valence-corrected chi connectivity index (χ2v) is 7.81. The summed E-state index contributed by atoms with van der Waals surface area (Å²) in [7, 11) is -3.70. The number of carbonyl (C=O) groups excluding carboxylic acids is 1. The fraction of sp³-hybridized carbons (Fsp3) is 0.176. The number of carbonyl (C=O) groups is 1. The van der Waals surface area contributed by atoms with E-state index in [1.54, 1.807) is 24.3 Å². The van der Waals surface area contributed by atoms with Crippen LogP contribution in [0, 0.1) is 11.3 Å². The Kier molecular flexibility index (Phi) is 6.58. The van der Waals surface area contributed by atoms with Gasteiger partial charge in [-0.1, -0.05) is 24.3 Å². The van der Waals surface area contributed by atoms with Gasteiger partial charge in [-0.05, 0) is 35.4 Å². The largest absolute Gasteiger partial charge is 0.351 e. The van der Waals surface area contributed by atoms with Crippen molar-refractivity contribution < 1.29 is 13.2 Å². The zero-order chi connectivity index (χ0) is 18.3. The number of thioether (sulfide) groups is 1. The maximum Gasteiger partial charge on any atom is 0.238 e. The molecule has 2 aromatic carbocycles. The van der Waals surface area contributed by atoms with E-state index in [0.717, 1.165) is 11.1 Å². The first-order chi connectivity index (χ1) is 11.9. The third-order valence-corrected chi connectivity index (χ3v) is 5.26. The fourth-order valence-corrected chi connectivity index (χ4v) is 3.32. The minimum absolute atomic E-state index is 0.0422. The summed E-state index contributed by atoms with van der Waals surface area (Å²) in [4.78, 5) is 11.9. The van der Waals surface area contributed by atoms with E-state index in [-0.39, 0.29) is 10.8 Å². The molecule has 3 N–H and O–H groups in total. The summed E-state index contributed by atoms with van der Waals surface area (Å²) in [5.41, 5.74) is 2.45. The van der Waals surface area contributed by atoms with E-state index in [2.05, 4.69) is 11.4 Å². The lowest BCUT2D eigenvalue weighted by Crippen LogP contribution is -2.24. The van der Waals surface area contributed by atoms with Crippen molar-refractivity contribution in [3.05, 3.63) is 65.2 Å². The third kappa shape index (κ3) is 6.23. The average molecular weight is 375 g/mol. The highest BCUT2D eigenvalue weighted by atomic mass is 32.2. The number of nitrogens with two attached hydrogens (primary N) is 1. The molecule has 0 radical (unpaired) electrons. The molecule has 0 aromatic heterocycles. The average Bonchev–Trinajstić information content (AvgIpc) is 2.60. The van der Waals surface area contributed by atoms with E-state index in [4.69, 9.17) is 10.4 Å². The standard InChI is InChI=1S/C17H17N3O3S2/c18-9-13-1-3-15(4-2-13)11-24-12-17(21)20-10-14-5-7-16(8-6-14)25(19,22)23/h1-8H,10-12H2,(H,20,21)(H2,19,22,23). The van der Waals surface area contributed by atoms with E-state index in [0.29, 0.717) is 23.6 Å².